The molecule has 176 valence electrons. The minimum atomic E-state index is -0.259. The summed E-state index contributed by atoms with van der Waals surface area (Å²) >= 11 is 0. The molecule has 0 radical (unpaired) electrons. The van der Waals surface area contributed by atoms with E-state index in [1.54, 1.807) is 18.5 Å². The van der Waals surface area contributed by atoms with Gasteiger partial charge in [0.25, 0.3) is 0 Å². The summed E-state index contributed by atoms with van der Waals surface area (Å²) < 4.78 is 13.5. The highest BCUT2D eigenvalue weighted by molar-refractivity contribution is 5.88. The average molecular weight is 451 g/mol. The number of benzene rings is 1. The van der Waals surface area contributed by atoms with E-state index in [9.17, 15) is 4.39 Å². The molecule has 0 saturated heterocycles. The lowest BCUT2D eigenvalue weighted by Gasteiger charge is -2.17. The maximum Gasteiger partial charge on any atom is 0.152 e. The van der Waals surface area contributed by atoms with Crippen LogP contribution in [0.2, 0.25) is 0 Å². The van der Waals surface area contributed by atoms with Gasteiger partial charge in [0.15, 0.2) is 5.76 Å². The summed E-state index contributed by atoms with van der Waals surface area (Å²) in [5.74, 6) is 1.17. The minimum absolute atomic E-state index is 0.158. The molecule has 6 heteroatoms. The standard InChI is InChI=1S/C27H35FN4O/c1-7-10-12-25-24(17-21(9-3)22-13-15-23(28)16-14-22)27(30-18-29-25)31-20(6)26(11-8-2)33-32-19(4)5/h9,11-18,20H,7-8,10H2,1-6H3,(H,29,30,31)/b21-9+,24-17+,25-12-,26-11+. The van der Waals surface area contributed by atoms with E-state index in [4.69, 9.17) is 4.84 Å². The molecular formula is C27H35FN4O. The van der Waals surface area contributed by atoms with Gasteiger partial charge in [-0.2, -0.15) is 0 Å². The summed E-state index contributed by atoms with van der Waals surface area (Å²) in [6.07, 6.45) is 12.5. The number of anilines is 1. The van der Waals surface area contributed by atoms with Crippen molar-refractivity contribution in [2.24, 2.45) is 5.16 Å². The number of nitrogens with one attached hydrogen (secondary N) is 1. The van der Waals surface area contributed by atoms with E-state index < -0.39 is 0 Å². The molecule has 1 aromatic carbocycles. The van der Waals surface area contributed by atoms with E-state index >= 15 is 0 Å². The number of allylic oxidation sites excluding steroid dienone is 3. The number of hydrogen-bond donors (Lipinski definition) is 1. The first-order chi connectivity index (χ1) is 15.9. The average Bonchev–Trinajstić information content (AvgIpc) is 2.80. The highest BCUT2D eigenvalue weighted by Crippen LogP contribution is 2.17. The molecule has 1 aromatic heterocycles. The van der Waals surface area contributed by atoms with Crippen LogP contribution < -0.4 is 15.9 Å². The van der Waals surface area contributed by atoms with Gasteiger partial charge >= 0.3 is 0 Å². The van der Waals surface area contributed by atoms with Crippen molar-refractivity contribution in [3.63, 3.8) is 0 Å². The van der Waals surface area contributed by atoms with Gasteiger partial charge in [-0.05, 0) is 76.0 Å². The van der Waals surface area contributed by atoms with Gasteiger partial charge in [-0.1, -0.05) is 49.7 Å². The summed E-state index contributed by atoms with van der Waals surface area (Å²) in [4.78, 5) is 14.7. The fourth-order valence-corrected chi connectivity index (χ4v) is 3.16. The zero-order valence-electron chi connectivity index (χ0n) is 20.5. The molecule has 1 atom stereocenters. The fourth-order valence-electron chi connectivity index (χ4n) is 3.16. The third-order valence-corrected chi connectivity index (χ3v) is 4.85. The first-order valence-electron chi connectivity index (χ1n) is 11.5. The lowest BCUT2D eigenvalue weighted by Crippen LogP contribution is -2.35. The van der Waals surface area contributed by atoms with Crippen LogP contribution in [0.4, 0.5) is 10.2 Å². The van der Waals surface area contributed by atoms with Gasteiger partial charge in [0, 0.05) is 5.22 Å². The Bertz CT molecular complexity index is 1110. The SMILES string of the molecule is C\C=C(/C=c1/c(NC(C)/C(=C\CC)ON=C(C)C)ncn/c1=C\CCC)c1ccc(F)cc1. The second-order valence-corrected chi connectivity index (χ2v) is 7.92. The molecule has 2 rings (SSSR count). The van der Waals surface area contributed by atoms with Crippen molar-refractivity contribution in [2.45, 2.75) is 66.8 Å². The molecule has 2 aromatic rings. The third-order valence-electron chi connectivity index (χ3n) is 4.85. The highest BCUT2D eigenvalue weighted by Gasteiger charge is 2.13. The molecular weight excluding hydrogens is 415 g/mol. The van der Waals surface area contributed by atoms with E-state index in [1.807, 2.05) is 45.9 Å². The Morgan fingerprint density at radius 1 is 1.18 bits per heavy atom. The number of nitrogens with zero attached hydrogens (tertiary/aromatic N) is 3. The molecule has 1 unspecified atom stereocenters. The van der Waals surface area contributed by atoms with E-state index in [0.29, 0.717) is 5.82 Å². The second kappa shape index (κ2) is 13.3. The molecule has 0 aliphatic carbocycles. The van der Waals surface area contributed by atoms with Crippen LogP contribution in [-0.4, -0.2) is 21.7 Å². The van der Waals surface area contributed by atoms with Crippen molar-refractivity contribution in [2.75, 3.05) is 5.32 Å². The molecule has 0 bridgehead atoms. The Kier molecular flexibility index (Phi) is 10.5. The molecule has 1 N–H and O–H groups in total. The zero-order chi connectivity index (χ0) is 24.2. The lowest BCUT2D eigenvalue weighted by molar-refractivity contribution is 0.211. The molecule has 0 fully saturated rings. The van der Waals surface area contributed by atoms with Crippen molar-refractivity contribution < 1.29 is 9.23 Å². The molecule has 5 nitrogen and oxygen atoms in total. The highest BCUT2D eigenvalue weighted by atomic mass is 19.1. The molecule has 33 heavy (non-hydrogen) atoms. The van der Waals surface area contributed by atoms with Gasteiger partial charge in [0.05, 0.1) is 17.1 Å². The van der Waals surface area contributed by atoms with Gasteiger partial charge in [0.2, 0.25) is 0 Å². The molecule has 1 heterocycles. The van der Waals surface area contributed by atoms with Crippen molar-refractivity contribution in [3.8, 4) is 0 Å². The maximum absolute atomic E-state index is 13.5. The van der Waals surface area contributed by atoms with Crippen LogP contribution in [0.5, 0.6) is 0 Å². The normalized spacial score (nSPS) is 14.3. The predicted molar refractivity (Wildman–Crippen MR) is 136 cm³/mol. The van der Waals surface area contributed by atoms with Gasteiger partial charge in [-0.25, -0.2) is 14.4 Å². The monoisotopic (exact) mass is 450 g/mol. The summed E-state index contributed by atoms with van der Waals surface area (Å²) in [7, 11) is 0. The van der Waals surface area contributed by atoms with E-state index in [1.165, 1.54) is 12.1 Å². The molecule has 0 amide bonds. The number of unbranched alkanes of at least 4 members (excludes halogenated alkanes) is 1. The van der Waals surface area contributed by atoms with Crippen LogP contribution in [0.25, 0.3) is 17.7 Å². The summed E-state index contributed by atoms with van der Waals surface area (Å²) in [5, 5.41) is 9.32. The Morgan fingerprint density at radius 2 is 1.91 bits per heavy atom. The number of oxime groups is 1. The summed E-state index contributed by atoms with van der Waals surface area (Å²) in [6, 6.07) is 6.33. The Labute approximate surface area is 196 Å². The first-order valence-corrected chi connectivity index (χ1v) is 11.5. The van der Waals surface area contributed by atoms with E-state index in [0.717, 1.165) is 52.4 Å². The first kappa shape index (κ1) is 26.0. The number of hydrogen-bond acceptors (Lipinski definition) is 5. The van der Waals surface area contributed by atoms with E-state index in [2.05, 4.69) is 40.4 Å². The third kappa shape index (κ3) is 7.97. The molecule has 0 saturated carbocycles. The van der Waals surface area contributed by atoms with Gasteiger partial charge in [-0.15, -0.1) is 0 Å². The number of halogens is 1. The quantitative estimate of drug-likeness (QED) is 0.291. The maximum atomic E-state index is 13.5. The molecule has 0 spiro atoms. The van der Waals surface area contributed by atoms with Gasteiger partial charge < -0.3 is 10.2 Å². The van der Waals surface area contributed by atoms with Crippen molar-refractivity contribution in [3.05, 3.63) is 70.5 Å². The van der Waals surface area contributed by atoms with Gasteiger partial charge in [0.1, 0.15) is 18.0 Å². The lowest BCUT2D eigenvalue weighted by atomic mass is 10.0. The fraction of sp³-hybridized carbons (Fsp3) is 0.370. The summed E-state index contributed by atoms with van der Waals surface area (Å²) in [5.41, 5.74) is 2.72. The Morgan fingerprint density at radius 3 is 2.52 bits per heavy atom. The molecule has 0 aliphatic heterocycles. The predicted octanol–water partition coefficient (Wildman–Crippen LogP) is 5.59. The second-order valence-electron chi connectivity index (χ2n) is 7.92. The van der Waals surface area contributed by atoms with Crippen LogP contribution in [0.15, 0.2) is 53.7 Å². The van der Waals surface area contributed by atoms with Crippen molar-refractivity contribution in [1.29, 1.82) is 0 Å². The minimum Gasteiger partial charge on any atom is -0.360 e. The Hall–Kier alpha value is -3.28. The zero-order valence-corrected chi connectivity index (χ0v) is 20.5. The van der Waals surface area contributed by atoms with Crippen molar-refractivity contribution in [1.82, 2.24) is 9.97 Å². The van der Waals surface area contributed by atoms with Crippen LogP contribution in [0.1, 0.15) is 66.4 Å². The van der Waals surface area contributed by atoms with Crippen LogP contribution >= 0.6 is 0 Å². The summed E-state index contributed by atoms with van der Waals surface area (Å²) in [6.45, 7) is 12.0. The number of rotatable bonds is 10. The number of aromatic nitrogens is 2. The smallest absolute Gasteiger partial charge is 0.152 e. The van der Waals surface area contributed by atoms with Gasteiger partial charge in [-0.3, -0.25) is 0 Å². The topological polar surface area (TPSA) is 59.4 Å². The van der Waals surface area contributed by atoms with Crippen LogP contribution in [0, 0.1) is 5.82 Å². The Balaban J connectivity index is 2.57. The molecule has 0 aliphatic rings. The van der Waals surface area contributed by atoms with Crippen molar-refractivity contribution >= 4 is 29.3 Å². The largest absolute Gasteiger partial charge is 0.360 e. The van der Waals surface area contributed by atoms with Crippen LogP contribution in [0.3, 0.4) is 0 Å². The van der Waals surface area contributed by atoms with Crippen LogP contribution in [-0.2, 0) is 4.84 Å². The van der Waals surface area contributed by atoms with E-state index in [-0.39, 0.29) is 11.9 Å².